The minimum atomic E-state index is -1.13. The van der Waals surface area contributed by atoms with Crippen molar-refractivity contribution in [2.45, 2.75) is 49.5 Å². The summed E-state index contributed by atoms with van der Waals surface area (Å²) >= 11 is 2.57. The van der Waals surface area contributed by atoms with Crippen molar-refractivity contribution in [3.63, 3.8) is 0 Å². The Morgan fingerprint density at radius 1 is 0.941 bits per heavy atom. The van der Waals surface area contributed by atoms with E-state index in [0.29, 0.717) is 44.9 Å². The van der Waals surface area contributed by atoms with E-state index in [1.54, 1.807) is 53.4 Å². The first-order valence-electron chi connectivity index (χ1n) is 16.1. The van der Waals surface area contributed by atoms with Crippen molar-refractivity contribution >= 4 is 68.4 Å². The molecule has 0 spiro atoms. The van der Waals surface area contributed by atoms with Gasteiger partial charge in [-0.2, -0.15) is 5.26 Å². The molecule has 1 unspecified atom stereocenters. The second kappa shape index (κ2) is 14.7. The number of amides is 3. The van der Waals surface area contributed by atoms with Crippen LogP contribution in [0.3, 0.4) is 0 Å². The monoisotopic (exact) mass is 718 g/mol. The van der Waals surface area contributed by atoms with Crippen LogP contribution in [-0.2, 0) is 22.5 Å². The summed E-state index contributed by atoms with van der Waals surface area (Å²) in [5, 5.41) is 26.5. The van der Waals surface area contributed by atoms with Gasteiger partial charge in [0, 0.05) is 33.0 Å². The molecule has 3 N–H and O–H groups in total. The molecule has 2 heterocycles. The van der Waals surface area contributed by atoms with Gasteiger partial charge in [-0.05, 0) is 74.0 Å². The van der Waals surface area contributed by atoms with Gasteiger partial charge in [-0.25, -0.2) is 9.59 Å². The molecule has 258 valence electrons. The van der Waals surface area contributed by atoms with Crippen LogP contribution < -0.4 is 10.6 Å². The van der Waals surface area contributed by atoms with Gasteiger partial charge in [-0.15, -0.1) is 23.1 Å². The standard InChI is InChI=1S/C39H34N4O6S2/c1-39(2,3)49-38(48)43-19-18-27-30(21-40)36(51-31(27)22-43)42-35(45)33(24-10-5-4-6-11-24)50-26-15-9-14-25(20-26)41-34(44)28-16-7-12-23-13-8-17-29(32(23)28)37(46)47/h4-17,20,33H,18-19,22H2,1-3H3,(H,41,44)(H,42,45)(H,46,47). The Bertz CT molecular complexity index is 2200. The van der Waals surface area contributed by atoms with Gasteiger partial charge in [0.05, 0.1) is 17.7 Å². The van der Waals surface area contributed by atoms with Gasteiger partial charge in [0.15, 0.2) is 0 Å². The van der Waals surface area contributed by atoms with Gasteiger partial charge in [-0.1, -0.05) is 60.7 Å². The van der Waals surface area contributed by atoms with E-state index in [9.17, 15) is 29.5 Å². The Morgan fingerprint density at radius 3 is 2.33 bits per heavy atom. The molecule has 5 aromatic rings. The fraction of sp³-hybridized carbons (Fsp3) is 0.205. The number of nitriles is 1. The molecule has 6 rings (SSSR count). The molecule has 0 fully saturated rings. The largest absolute Gasteiger partial charge is 0.478 e. The Balaban J connectivity index is 1.23. The number of ether oxygens (including phenoxy) is 1. The second-order valence-corrected chi connectivity index (χ2v) is 15.1. The predicted octanol–water partition coefficient (Wildman–Crippen LogP) is 8.49. The van der Waals surface area contributed by atoms with Crippen LogP contribution in [0.2, 0.25) is 0 Å². The number of thioether (sulfide) groups is 1. The molecule has 1 aromatic heterocycles. The maximum absolute atomic E-state index is 14.0. The van der Waals surface area contributed by atoms with E-state index < -0.39 is 28.8 Å². The molecular formula is C39H34N4O6S2. The van der Waals surface area contributed by atoms with Gasteiger partial charge < -0.3 is 25.4 Å². The van der Waals surface area contributed by atoms with Gasteiger partial charge >= 0.3 is 12.1 Å². The summed E-state index contributed by atoms with van der Waals surface area (Å²) in [4.78, 5) is 55.4. The molecular weight excluding hydrogens is 685 g/mol. The number of hydrogen-bond donors (Lipinski definition) is 3. The van der Waals surface area contributed by atoms with Gasteiger partial charge in [0.25, 0.3) is 5.91 Å². The zero-order valence-corrected chi connectivity index (χ0v) is 29.7. The molecule has 1 aliphatic heterocycles. The summed E-state index contributed by atoms with van der Waals surface area (Å²) in [5.41, 5.74) is 2.05. The minimum Gasteiger partial charge on any atom is -0.478 e. The number of aromatic carboxylic acids is 1. The van der Waals surface area contributed by atoms with Crippen molar-refractivity contribution in [2.24, 2.45) is 0 Å². The highest BCUT2D eigenvalue weighted by Crippen LogP contribution is 2.41. The molecule has 0 saturated heterocycles. The number of fused-ring (bicyclic) bond motifs is 2. The van der Waals surface area contributed by atoms with Crippen molar-refractivity contribution in [2.75, 3.05) is 17.2 Å². The van der Waals surface area contributed by atoms with E-state index in [1.807, 2.05) is 57.2 Å². The average molecular weight is 719 g/mol. The molecule has 4 aromatic carbocycles. The number of carbonyl (C=O) groups is 4. The quantitative estimate of drug-likeness (QED) is 0.135. The zero-order chi connectivity index (χ0) is 36.3. The number of rotatable bonds is 8. The van der Waals surface area contributed by atoms with Gasteiger partial charge in [0.1, 0.15) is 21.9 Å². The maximum atomic E-state index is 14.0. The van der Waals surface area contributed by atoms with Crippen LogP contribution in [-0.4, -0.2) is 46.0 Å². The lowest BCUT2D eigenvalue weighted by molar-refractivity contribution is -0.115. The highest BCUT2D eigenvalue weighted by Gasteiger charge is 2.31. The molecule has 0 bridgehead atoms. The van der Waals surface area contributed by atoms with E-state index in [1.165, 1.54) is 29.2 Å². The fourth-order valence-electron chi connectivity index (χ4n) is 5.86. The highest BCUT2D eigenvalue weighted by molar-refractivity contribution is 8.00. The third kappa shape index (κ3) is 7.90. The van der Waals surface area contributed by atoms with E-state index in [-0.39, 0.29) is 23.6 Å². The lowest BCUT2D eigenvalue weighted by atomic mass is 9.98. The Labute approximate surface area is 303 Å². The molecule has 1 atom stereocenters. The summed E-state index contributed by atoms with van der Waals surface area (Å²) in [6.45, 7) is 6.11. The minimum absolute atomic E-state index is 0.0331. The van der Waals surface area contributed by atoms with Crippen molar-refractivity contribution in [3.8, 4) is 6.07 Å². The van der Waals surface area contributed by atoms with E-state index in [2.05, 4.69) is 16.7 Å². The van der Waals surface area contributed by atoms with E-state index >= 15 is 0 Å². The normalized spacial score (nSPS) is 13.1. The molecule has 1 aliphatic rings. The van der Waals surface area contributed by atoms with Crippen LogP contribution in [0.4, 0.5) is 15.5 Å². The number of carboxylic acid groups (broad SMARTS) is 1. The summed E-state index contributed by atoms with van der Waals surface area (Å²) in [5.74, 6) is -1.93. The van der Waals surface area contributed by atoms with Crippen LogP contribution in [0.5, 0.6) is 0 Å². The SMILES string of the molecule is CC(C)(C)OC(=O)N1CCc2c(sc(NC(=O)C(Sc3cccc(NC(=O)c4cccc5cccc(C(=O)O)c45)c3)c3ccccc3)c2C#N)C1. The smallest absolute Gasteiger partial charge is 0.410 e. The Hall–Kier alpha value is -5.64. The van der Waals surface area contributed by atoms with Crippen molar-refractivity contribution in [3.05, 3.63) is 124 Å². The van der Waals surface area contributed by atoms with E-state index in [4.69, 9.17) is 4.74 Å². The van der Waals surface area contributed by atoms with Crippen molar-refractivity contribution in [1.29, 1.82) is 5.26 Å². The molecule has 3 amide bonds. The van der Waals surface area contributed by atoms with Crippen LogP contribution in [0.1, 0.15) is 68.3 Å². The van der Waals surface area contributed by atoms with Crippen molar-refractivity contribution in [1.82, 2.24) is 4.90 Å². The molecule has 0 radical (unpaired) electrons. The van der Waals surface area contributed by atoms with Crippen LogP contribution in [0.15, 0.2) is 95.9 Å². The Kier molecular flexibility index (Phi) is 10.1. The predicted molar refractivity (Wildman–Crippen MR) is 198 cm³/mol. The summed E-state index contributed by atoms with van der Waals surface area (Å²) in [7, 11) is 0. The number of carbonyl (C=O) groups excluding carboxylic acids is 3. The lowest BCUT2D eigenvalue weighted by Crippen LogP contribution is -2.39. The zero-order valence-electron chi connectivity index (χ0n) is 28.1. The number of benzene rings is 4. The van der Waals surface area contributed by atoms with E-state index in [0.717, 1.165) is 16.0 Å². The first-order chi connectivity index (χ1) is 24.4. The van der Waals surface area contributed by atoms with Crippen LogP contribution >= 0.6 is 23.1 Å². The number of thiophene rings is 1. The molecule has 10 nitrogen and oxygen atoms in total. The maximum Gasteiger partial charge on any atom is 0.410 e. The first-order valence-corrected chi connectivity index (χ1v) is 17.8. The highest BCUT2D eigenvalue weighted by atomic mass is 32.2. The summed E-state index contributed by atoms with van der Waals surface area (Å²) < 4.78 is 5.55. The van der Waals surface area contributed by atoms with Crippen LogP contribution in [0.25, 0.3) is 10.8 Å². The number of anilines is 2. The lowest BCUT2D eigenvalue weighted by Gasteiger charge is -2.29. The summed E-state index contributed by atoms with van der Waals surface area (Å²) in [6, 6.07) is 28.5. The molecule has 51 heavy (non-hydrogen) atoms. The topological polar surface area (TPSA) is 149 Å². The number of carboxylic acids is 1. The van der Waals surface area contributed by atoms with Gasteiger partial charge in [0.2, 0.25) is 5.91 Å². The average Bonchev–Trinajstić information content (AvgIpc) is 3.45. The third-order valence-electron chi connectivity index (χ3n) is 8.12. The Morgan fingerprint density at radius 2 is 1.65 bits per heavy atom. The third-order valence-corrected chi connectivity index (χ3v) is 10.5. The van der Waals surface area contributed by atoms with Gasteiger partial charge in [-0.3, -0.25) is 9.59 Å². The van der Waals surface area contributed by atoms with Crippen LogP contribution in [0, 0.1) is 11.3 Å². The fourth-order valence-corrected chi connectivity index (χ4v) is 8.16. The van der Waals surface area contributed by atoms with Crippen molar-refractivity contribution < 1.29 is 29.0 Å². The first kappa shape index (κ1) is 35.2. The molecule has 0 saturated carbocycles. The summed E-state index contributed by atoms with van der Waals surface area (Å²) in [6.07, 6.45) is 0.0435. The molecule has 0 aliphatic carbocycles. The number of hydrogen-bond acceptors (Lipinski definition) is 8. The number of nitrogens with one attached hydrogen (secondary N) is 2. The number of nitrogens with zero attached hydrogens (tertiary/aromatic N) is 2. The second-order valence-electron chi connectivity index (χ2n) is 12.9. The molecule has 12 heteroatoms.